The number of para-hydroxylation sites is 1. The topological polar surface area (TPSA) is 83.6 Å². The molecule has 112 valence electrons. The van der Waals surface area contributed by atoms with Crippen LogP contribution >= 0.6 is 0 Å². The number of nitrogens with two attached hydrogens (primary N) is 1. The van der Waals surface area contributed by atoms with Gasteiger partial charge in [-0.25, -0.2) is 0 Å². The van der Waals surface area contributed by atoms with Crippen LogP contribution in [0.3, 0.4) is 0 Å². The van der Waals surface area contributed by atoms with Gasteiger partial charge in [0.05, 0.1) is 11.8 Å². The number of amides is 1. The highest BCUT2D eigenvalue weighted by Gasteiger charge is 2.47. The molecule has 3 rings (SSSR count). The van der Waals surface area contributed by atoms with Crippen LogP contribution in [0.15, 0.2) is 24.3 Å². The zero-order valence-electron chi connectivity index (χ0n) is 11.9. The second kappa shape index (κ2) is 5.15. The van der Waals surface area contributed by atoms with Crippen LogP contribution < -0.4 is 10.6 Å². The predicted octanol–water partition coefficient (Wildman–Crippen LogP) is 1.72. The summed E-state index contributed by atoms with van der Waals surface area (Å²) in [6.45, 7) is 0.820. The van der Waals surface area contributed by atoms with Gasteiger partial charge in [-0.1, -0.05) is 24.6 Å². The van der Waals surface area contributed by atoms with Crippen molar-refractivity contribution in [1.82, 2.24) is 0 Å². The zero-order chi connectivity index (χ0) is 15.0. The molecule has 1 amide bonds. The molecule has 0 bridgehead atoms. The number of rotatable bonds is 4. The summed E-state index contributed by atoms with van der Waals surface area (Å²) < 4.78 is 0. The van der Waals surface area contributed by atoms with E-state index in [-0.39, 0.29) is 18.2 Å². The molecule has 5 nitrogen and oxygen atoms in total. The van der Waals surface area contributed by atoms with E-state index < -0.39 is 11.4 Å². The number of hydrogen-bond acceptors (Lipinski definition) is 3. The highest BCUT2D eigenvalue weighted by atomic mass is 16.4. The van der Waals surface area contributed by atoms with E-state index in [0.29, 0.717) is 13.1 Å². The number of hydrogen-bond donors (Lipinski definition) is 2. The van der Waals surface area contributed by atoms with Crippen molar-refractivity contribution < 1.29 is 14.7 Å². The van der Waals surface area contributed by atoms with Crippen molar-refractivity contribution in [2.24, 2.45) is 11.1 Å². The van der Waals surface area contributed by atoms with Gasteiger partial charge in [0, 0.05) is 24.7 Å². The summed E-state index contributed by atoms with van der Waals surface area (Å²) in [6.07, 6.45) is 2.77. The Morgan fingerprint density at radius 3 is 2.62 bits per heavy atom. The van der Waals surface area contributed by atoms with Crippen LogP contribution in [-0.2, 0) is 9.59 Å². The van der Waals surface area contributed by atoms with Crippen molar-refractivity contribution in [3.63, 3.8) is 0 Å². The highest BCUT2D eigenvalue weighted by Crippen LogP contribution is 2.46. The van der Waals surface area contributed by atoms with Gasteiger partial charge in [-0.3, -0.25) is 9.59 Å². The van der Waals surface area contributed by atoms with Crippen molar-refractivity contribution in [2.45, 2.75) is 31.6 Å². The molecule has 1 aliphatic carbocycles. The summed E-state index contributed by atoms with van der Waals surface area (Å²) in [7, 11) is 0. The second-order valence-electron chi connectivity index (χ2n) is 6.11. The van der Waals surface area contributed by atoms with E-state index >= 15 is 0 Å². The Labute approximate surface area is 123 Å². The first-order chi connectivity index (χ1) is 10.1. The fraction of sp³-hybridized carbons (Fsp3) is 0.500. The minimum Gasteiger partial charge on any atom is -0.481 e. The Morgan fingerprint density at radius 1 is 1.33 bits per heavy atom. The standard InChI is InChI=1S/C16H20N2O3/c17-10-16(6-3-7-16)15(21)18-9-11(8-14(19)20)12-4-1-2-5-13(12)18/h1-2,4-5,11H,3,6-10,17H2,(H,19,20). The fourth-order valence-corrected chi connectivity index (χ4v) is 3.47. The largest absolute Gasteiger partial charge is 0.481 e. The quantitative estimate of drug-likeness (QED) is 0.883. The average molecular weight is 288 g/mol. The van der Waals surface area contributed by atoms with Gasteiger partial charge in [0.2, 0.25) is 5.91 Å². The maximum absolute atomic E-state index is 12.9. The number of nitrogens with zero attached hydrogens (tertiary/aromatic N) is 1. The lowest BCUT2D eigenvalue weighted by molar-refractivity contribution is -0.137. The van der Waals surface area contributed by atoms with Crippen LogP contribution in [0.5, 0.6) is 0 Å². The van der Waals surface area contributed by atoms with Crippen LogP contribution in [0.2, 0.25) is 0 Å². The van der Waals surface area contributed by atoms with E-state index in [1.54, 1.807) is 4.90 Å². The third kappa shape index (κ3) is 2.21. The van der Waals surface area contributed by atoms with Crippen molar-refractivity contribution in [2.75, 3.05) is 18.0 Å². The van der Waals surface area contributed by atoms with Gasteiger partial charge in [-0.2, -0.15) is 0 Å². The van der Waals surface area contributed by atoms with Gasteiger partial charge in [0.15, 0.2) is 0 Å². The van der Waals surface area contributed by atoms with Crippen LogP contribution in [-0.4, -0.2) is 30.1 Å². The minimum atomic E-state index is -0.832. The summed E-state index contributed by atoms with van der Waals surface area (Å²) in [5.41, 5.74) is 7.22. The third-order valence-electron chi connectivity index (χ3n) is 4.89. The molecule has 0 spiro atoms. The van der Waals surface area contributed by atoms with Crippen LogP contribution in [0.1, 0.15) is 37.2 Å². The van der Waals surface area contributed by atoms with Crippen molar-refractivity contribution >= 4 is 17.6 Å². The number of benzene rings is 1. The van der Waals surface area contributed by atoms with Gasteiger partial charge >= 0.3 is 5.97 Å². The number of anilines is 1. The van der Waals surface area contributed by atoms with Crippen molar-refractivity contribution in [3.05, 3.63) is 29.8 Å². The first kappa shape index (κ1) is 14.1. The zero-order valence-corrected chi connectivity index (χ0v) is 11.9. The molecule has 1 aromatic carbocycles. The van der Waals surface area contributed by atoms with Crippen molar-refractivity contribution in [3.8, 4) is 0 Å². The molecule has 21 heavy (non-hydrogen) atoms. The van der Waals surface area contributed by atoms with Crippen LogP contribution in [0.4, 0.5) is 5.69 Å². The monoisotopic (exact) mass is 288 g/mol. The van der Waals surface area contributed by atoms with Gasteiger partial charge < -0.3 is 15.7 Å². The maximum atomic E-state index is 12.9. The van der Waals surface area contributed by atoms with Gasteiger partial charge in [0.25, 0.3) is 0 Å². The average Bonchev–Trinajstić information content (AvgIpc) is 2.76. The lowest BCUT2D eigenvalue weighted by Gasteiger charge is -2.42. The Kier molecular flexibility index (Phi) is 3.45. The van der Waals surface area contributed by atoms with Crippen molar-refractivity contribution in [1.29, 1.82) is 0 Å². The summed E-state index contributed by atoms with van der Waals surface area (Å²) in [5, 5.41) is 9.06. The first-order valence-corrected chi connectivity index (χ1v) is 7.40. The number of carbonyl (C=O) groups is 2. The Bertz CT molecular complexity index is 575. The molecule has 1 aromatic rings. The Hall–Kier alpha value is -1.88. The molecule has 3 N–H and O–H groups in total. The van der Waals surface area contributed by atoms with E-state index in [0.717, 1.165) is 30.5 Å². The summed E-state index contributed by atoms with van der Waals surface area (Å²) in [4.78, 5) is 25.7. The van der Waals surface area contributed by atoms with E-state index in [1.165, 1.54) is 0 Å². The molecule has 0 radical (unpaired) electrons. The second-order valence-corrected chi connectivity index (χ2v) is 6.11. The van der Waals surface area contributed by atoms with Gasteiger partial charge in [-0.15, -0.1) is 0 Å². The molecule has 0 saturated heterocycles. The maximum Gasteiger partial charge on any atom is 0.304 e. The van der Waals surface area contributed by atoms with Crippen LogP contribution in [0, 0.1) is 5.41 Å². The smallest absolute Gasteiger partial charge is 0.304 e. The predicted molar refractivity (Wildman–Crippen MR) is 79.1 cm³/mol. The number of fused-ring (bicyclic) bond motifs is 1. The summed E-state index contributed by atoms with van der Waals surface area (Å²) in [5.74, 6) is -0.893. The van der Waals surface area contributed by atoms with E-state index in [1.807, 2.05) is 24.3 Å². The fourth-order valence-electron chi connectivity index (χ4n) is 3.47. The van der Waals surface area contributed by atoms with Crippen LogP contribution in [0.25, 0.3) is 0 Å². The third-order valence-corrected chi connectivity index (χ3v) is 4.89. The first-order valence-electron chi connectivity index (χ1n) is 7.40. The van der Waals surface area contributed by atoms with E-state index in [4.69, 9.17) is 10.8 Å². The molecule has 1 atom stereocenters. The molecular formula is C16H20N2O3. The molecule has 1 unspecified atom stereocenters. The SMILES string of the molecule is NCC1(C(=O)N2CC(CC(=O)O)c3ccccc32)CCC1. The Morgan fingerprint density at radius 2 is 2.05 bits per heavy atom. The lowest BCUT2D eigenvalue weighted by atomic mass is 9.68. The highest BCUT2D eigenvalue weighted by molar-refractivity contribution is 6.00. The number of carboxylic acids is 1. The molecule has 0 aromatic heterocycles. The molecule has 1 heterocycles. The molecular weight excluding hydrogens is 268 g/mol. The molecule has 2 aliphatic rings. The van der Waals surface area contributed by atoms with Gasteiger partial charge in [0.1, 0.15) is 0 Å². The minimum absolute atomic E-state index is 0.0520. The number of carbonyl (C=O) groups excluding carboxylic acids is 1. The summed E-state index contributed by atoms with van der Waals surface area (Å²) >= 11 is 0. The van der Waals surface area contributed by atoms with E-state index in [9.17, 15) is 9.59 Å². The van der Waals surface area contributed by atoms with E-state index in [2.05, 4.69) is 0 Å². The molecule has 1 saturated carbocycles. The molecule has 5 heteroatoms. The summed E-state index contributed by atoms with van der Waals surface area (Å²) in [6, 6.07) is 7.60. The normalized spacial score (nSPS) is 22.5. The Balaban J connectivity index is 1.91. The van der Waals surface area contributed by atoms with Gasteiger partial charge in [-0.05, 0) is 24.5 Å². The number of carboxylic acid groups (broad SMARTS) is 1. The molecule has 1 fully saturated rings. The number of aliphatic carboxylic acids is 1. The lowest BCUT2D eigenvalue weighted by Crippen LogP contribution is -2.51. The molecule has 1 aliphatic heterocycles.